The molecule has 0 aliphatic rings. The molecule has 0 unspecified atom stereocenters. The molecule has 0 aliphatic heterocycles. The Bertz CT molecular complexity index is 851. The molecule has 3 rings (SSSR count). The number of phenols is 1. The molecule has 5 heteroatoms. The highest BCUT2D eigenvalue weighted by atomic mass is 19.1. The molecule has 3 aromatic rings. The molecule has 2 aromatic carbocycles. The van der Waals surface area contributed by atoms with E-state index in [-0.39, 0.29) is 29.2 Å². The van der Waals surface area contributed by atoms with Crippen LogP contribution < -0.4 is 0 Å². The fourth-order valence-corrected chi connectivity index (χ4v) is 2.33. The van der Waals surface area contributed by atoms with Gasteiger partial charge >= 0.3 is 5.97 Å². The summed E-state index contributed by atoms with van der Waals surface area (Å²) in [6.45, 7) is 1.86. The van der Waals surface area contributed by atoms with Gasteiger partial charge < -0.3 is 14.3 Å². The number of carbonyl (C=O) groups excluding carboxylic acids is 1. The second-order valence-electron chi connectivity index (χ2n) is 4.69. The molecular formula is C17H13FO4. The number of esters is 1. The minimum atomic E-state index is -0.620. The lowest BCUT2D eigenvalue weighted by Gasteiger charge is -2.04. The lowest BCUT2D eigenvalue weighted by molar-refractivity contribution is 0.0529. The summed E-state index contributed by atoms with van der Waals surface area (Å²) < 4.78 is 24.7. The Morgan fingerprint density at radius 1 is 1.27 bits per heavy atom. The summed E-state index contributed by atoms with van der Waals surface area (Å²) in [5, 5.41) is 10.0. The minimum absolute atomic E-state index is 0.0149. The summed E-state index contributed by atoms with van der Waals surface area (Å²) in [5.74, 6) is -1.04. The molecule has 1 N–H and O–H groups in total. The molecule has 112 valence electrons. The molecule has 1 heterocycles. The highest BCUT2D eigenvalue weighted by molar-refractivity contribution is 6.09. The Kier molecular flexibility index (Phi) is 3.55. The van der Waals surface area contributed by atoms with Crippen LogP contribution in [-0.2, 0) is 4.74 Å². The van der Waals surface area contributed by atoms with Crippen molar-refractivity contribution < 1.29 is 23.4 Å². The van der Waals surface area contributed by atoms with Crippen LogP contribution in [-0.4, -0.2) is 17.7 Å². The van der Waals surface area contributed by atoms with E-state index in [9.17, 15) is 14.3 Å². The average Bonchev–Trinajstić information content (AvgIpc) is 2.86. The third-order valence-corrected chi connectivity index (χ3v) is 3.27. The van der Waals surface area contributed by atoms with Gasteiger partial charge in [-0.25, -0.2) is 9.18 Å². The lowest BCUT2D eigenvalue weighted by Crippen LogP contribution is -2.05. The summed E-state index contributed by atoms with van der Waals surface area (Å²) in [7, 11) is 0. The highest BCUT2D eigenvalue weighted by Crippen LogP contribution is 2.36. The zero-order chi connectivity index (χ0) is 15.7. The van der Waals surface area contributed by atoms with Gasteiger partial charge in [-0.05, 0) is 37.3 Å². The molecular weight excluding hydrogens is 287 g/mol. The standard InChI is InChI=1S/C17H13FO4/c1-2-21-17(20)15-12-9-10(19)7-8-14(12)22-16(15)11-5-3-4-6-13(11)18/h3-9,19H,2H2,1H3. The van der Waals surface area contributed by atoms with Crippen LogP contribution >= 0.6 is 0 Å². The van der Waals surface area contributed by atoms with Crippen molar-refractivity contribution in [1.29, 1.82) is 0 Å². The first kappa shape index (κ1) is 14.1. The first-order valence-electron chi connectivity index (χ1n) is 6.79. The Balaban J connectivity index is 2.32. The fraction of sp³-hybridized carbons (Fsp3) is 0.118. The predicted octanol–water partition coefficient (Wildman–Crippen LogP) is 4.12. The van der Waals surface area contributed by atoms with Gasteiger partial charge in [0.15, 0.2) is 5.76 Å². The van der Waals surface area contributed by atoms with Gasteiger partial charge in [-0.3, -0.25) is 0 Å². The largest absolute Gasteiger partial charge is 0.508 e. The molecule has 0 bridgehead atoms. The number of halogens is 1. The van der Waals surface area contributed by atoms with Crippen LogP contribution in [0.4, 0.5) is 4.39 Å². The summed E-state index contributed by atoms with van der Waals surface area (Å²) in [5.41, 5.74) is 0.651. The predicted molar refractivity (Wildman–Crippen MR) is 79.2 cm³/mol. The van der Waals surface area contributed by atoms with Gasteiger partial charge in [0, 0.05) is 5.39 Å². The second-order valence-corrected chi connectivity index (χ2v) is 4.69. The van der Waals surface area contributed by atoms with Gasteiger partial charge in [0.1, 0.15) is 22.7 Å². The quantitative estimate of drug-likeness (QED) is 0.739. The number of carbonyl (C=O) groups is 1. The van der Waals surface area contributed by atoms with Crippen molar-refractivity contribution in [3.05, 3.63) is 53.8 Å². The first-order valence-corrected chi connectivity index (χ1v) is 6.79. The van der Waals surface area contributed by atoms with Gasteiger partial charge in [-0.15, -0.1) is 0 Å². The number of phenolic OH excluding ortho intramolecular Hbond substituents is 1. The van der Waals surface area contributed by atoms with Crippen molar-refractivity contribution in [2.45, 2.75) is 6.92 Å². The monoisotopic (exact) mass is 300 g/mol. The van der Waals surface area contributed by atoms with E-state index in [1.54, 1.807) is 19.1 Å². The number of hydrogen-bond donors (Lipinski definition) is 1. The molecule has 0 amide bonds. The van der Waals surface area contributed by atoms with E-state index >= 15 is 0 Å². The van der Waals surface area contributed by atoms with Crippen LogP contribution in [0.2, 0.25) is 0 Å². The lowest BCUT2D eigenvalue weighted by atomic mass is 10.0. The maximum Gasteiger partial charge on any atom is 0.342 e. The van der Waals surface area contributed by atoms with E-state index in [1.807, 2.05) is 0 Å². The zero-order valence-corrected chi connectivity index (χ0v) is 11.8. The number of fused-ring (bicyclic) bond motifs is 1. The van der Waals surface area contributed by atoms with E-state index in [0.29, 0.717) is 11.0 Å². The number of ether oxygens (including phenoxy) is 1. The Labute approximate surface area is 125 Å². The van der Waals surface area contributed by atoms with Crippen LogP contribution in [0.25, 0.3) is 22.3 Å². The van der Waals surface area contributed by atoms with Crippen molar-refractivity contribution in [1.82, 2.24) is 0 Å². The van der Waals surface area contributed by atoms with E-state index in [1.165, 1.54) is 30.3 Å². The third kappa shape index (κ3) is 2.30. The van der Waals surface area contributed by atoms with Crippen LogP contribution in [0.1, 0.15) is 17.3 Å². The smallest absolute Gasteiger partial charge is 0.342 e. The van der Waals surface area contributed by atoms with Crippen molar-refractivity contribution in [3.8, 4) is 17.1 Å². The Hall–Kier alpha value is -2.82. The van der Waals surface area contributed by atoms with Gasteiger partial charge in [-0.1, -0.05) is 12.1 Å². The molecule has 0 saturated carbocycles. The number of aromatic hydroxyl groups is 1. The van der Waals surface area contributed by atoms with Gasteiger partial charge in [0.2, 0.25) is 0 Å². The van der Waals surface area contributed by atoms with E-state index < -0.39 is 11.8 Å². The Morgan fingerprint density at radius 2 is 2.05 bits per heavy atom. The van der Waals surface area contributed by atoms with Crippen LogP contribution in [0.5, 0.6) is 5.75 Å². The topological polar surface area (TPSA) is 59.7 Å². The summed E-state index contributed by atoms with van der Waals surface area (Å²) in [6, 6.07) is 10.4. The SMILES string of the molecule is CCOC(=O)c1c(-c2ccccc2F)oc2ccc(O)cc12. The first-order chi connectivity index (χ1) is 10.6. The maximum absolute atomic E-state index is 14.1. The van der Waals surface area contributed by atoms with Crippen molar-refractivity contribution >= 4 is 16.9 Å². The molecule has 1 aromatic heterocycles. The van der Waals surface area contributed by atoms with Gasteiger partial charge in [-0.2, -0.15) is 0 Å². The van der Waals surface area contributed by atoms with Crippen LogP contribution in [0.15, 0.2) is 46.9 Å². The van der Waals surface area contributed by atoms with Crippen molar-refractivity contribution in [2.75, 3.05) is 6.61 Å². The third-order valence-electron chi connectivity index (χ3n) is 3.27. The van der Waals surface area contributed by atoms with Crippen LogP contribution in [0.3, 0.4) is 0 Å². The normalized spacial score (nSPS) is 10.8. The fourth-order valence-electron chi connectivity index (χ4n) is 2.33. The van der Waals surface area contributed by atoms with E-state index in [2.05, 4.69) is 0 Å². The molecule has 22 heavy (non-hydrogen) atoms. The van der Waals surface area contributed by atoms with Crippen molar-refractivity contribution in [2.24, 2.45) is 0 Å². The Morgan fingerprint density at radius 3 is 2.77 bits per heavy atom. The molecule has 0 spiro atoms. The average molecular weight is 300 g/mol. The molecule has 0 radical (unpaired) electrons. The maximum atomic E-state index is 14.1. The summed E-state index contributed by atoms with van der Waals surface area (Å²) in [6.07, 6.45) is 0. The molecule has 0 fully saturated rings. The second kappa shape index (κ2) is 5.52. The number of furan rings is 1. The van der Waals surface area contributed by atoms with E-state index in [0.717, 1.165) is 0 Å². The molecule has 0 aliphatic carbocycles. The summed E-state index contributed by atoms with van der Waals surface area (Å²) >= 11 is 0. The van der Waals surface area contributed by atoms with Gasteiger partial charge in [0.05, 0.1) is 12.2 Å². The number of hydrogen-bond acceptors (Lipinski definition) is 4. The van der Waals surface area contributed by atoms with Gasteiger partial charge in [0.25, 0.3) is 0 Å². The molecule has 0 saturated heterocycles. The molecule has 4 nitrogen and oxygen atoms in total. The van der Waals surface area contributed by atoms with E-state index in [4.69, 9.17) is 9.15 Å². The molecule has 0 atom stereocenters. The summed E-state index contributed by atoms with van der Waals surface area (Å²) in [4.78, 5) is 12.3. The number of benzene rings is 2. The van der Waals surface area contributed by atoms with Crippen molar-refractivity contribution in [3.63, 3.8) is 0 Å². The van der Waals surface area contributed by atoms with Crippen LogP contribution in [0, 0.1) is 5.82 Å². The highest BCUT2D eigenvalue weighted by Gasteiger charge is 2.25. The zero-order valence-electron chi connectivity index (χ0n) is 11.8. The minimum Gasteiger partial charge on any atom is -0.508 e. The number of rotatable bonds is 3.